The van der Waals surface area contributed by atoms with Gasteiger partial charge >= 0.3 is 0 Å². The zero-order valence-corrected chi connectivity index (χ0v) is 16.8. The van der Waals surface area contributed by atoms with E-state index in [1.807, 2.05) is 30.3 Å². The highest BCUT2D eigenvalue weighted by molar-refractivity contribution is 6.31. The third kappa shape index (κ3) is 5.75. The molecule has 0 aliphatic heterocycles. The topological polar surface area (TPSA) is 46.2 Å². The Labute approximate surface area is 179 Å². The predicted octanol–water partition coefficient (Wildman–Crippen LogP) is 5.46. The zero-order valence-electron chi connectivity index (χ0n) is 16.1. The molecule has 0 aliphatic carbocycles. The van der Waals surface area contributed by atoms with Gasteiger partial charge in [0.2, 0.25) is 0 Å². The molecule has 2 amide bonds. The summed E-state index contributed by atoms with van der Waals surface area (Å²) in [5.41, 5.74) is 2.59. The number of carbonyl (C=O) groups excluding carboxylic acids is 2. The molecule has 0 aromatic heterocycles. The Morgan fingerprint density at radius 2 is 1.53 bits per heavy atom. The number of rotatable bonds is 6. The Hall–Kier alpha value is -3.50. The first kappa shape index (κ1) is 21.2. The summed E-state index contributed by atoms with van der Waals surface area (Å²) in [6.07, 6.45) is 1.94. The van der Waals surface area contributed by atoms with E-state index < -0.39 is 17.6 Å². The van der Waals surface area contributed by atoms with Crippen molar-refractivity contribution in [1.82, 2.24) is 5.32 Å². The summed E-state index contributed by atoms with van der Waals surface area (Å²) in [5, 5.41) is 2.94. The summed E-state index contributed by atoms with van der Waals surface area (Å²) in [7, 11) is 0. The molecule has 0 heterocycles. The first-order valence-corrected chi connectivity index (χ1v) is 9.61. The minimum absolute atomic E-state index is 0.221. The zero-order chi connectivity index (χ0) is 21.5. The van der Waals surface area contributed by atoms with Gasteiger partial charge in [-0.1, -0.05) is 72.8 Å². The summed E-state index contributed by atoms with van der Waals surface area (Å²) >= 11 is 5.92. The van der Waals surface area contributed by atoms with Crippen molar-refractivity contribution in [2.75, 3.05) is 0 Å². The van der Waals surface area contributed by atoms with Gasteiger partial charge in [0.1, 0.15) is 5.82 Å². The molecule has 0 spiro atoms. The van der Waals surface area contributed by atoms with E-state index in [4.69, 9.17) is 11.6 Å². The van der Waals surface area contributed by atoms with Crippen LogP contribution >= 0.6 is 11.6 Å². The minimum Gasteiger partial charge on any atom is -0.288 e. The van der Waals surface area contributed by atoms with Gasteiger partial charge in [-0.2, -0.15) is 0 Å². The molecule has 0 saturated carbocycles. The van der Waals surface area contributed by atoms with Crippen molar-refractivity contribution in [1.29, 1.82) is 0 Å². The van der Waals surface area contributed by atoms with Crippen LogP contribution in [0.3, 0.4) is 0 Å². The van der Waals surface area contributed by atoms with Gasteiger partial charge in [0.25, 0.3) is 11.8 Å². The number of nitrogens with one attached hydrogen (secondary N) is 1. The molecule has 30 heavy (non-hydrogen) atoms. The van der Waals surface area contributed by atoms with Gasteiger partial charge < -0.3 is 0 Å². The summed E-state index contributed by atoms with van der Waals surface area (Å²) in [5.74, 6) is -1.58. The fraction of sp³-hybridized carbons (Fsp3) is 0.0400. The van der Waals surface area contributed by atoms with Crippen molar-refractivity contribution in [2.45, 2.75) is 6.42 Å². The van der Waals surface area contributed by atoms with Crippen molar-refractivity contribution in [3.8, 4) is 0 Å². The maximum absolute atomic E-state index is 13.3. The van der Waals surface area contributed by atoms with Gasteiger partial charge in [0.05, 0.1) is 0 Å². The summed E-state index contributed by atoms with van der Waals surface area (Å²) in [6.45, 7) is 3.79. The van der Waals surface area contributed by atoms with Crippen LogP contribution in [0.5, 0.6) is 0 Å². The molecular weight excluding hydrogens is 401 g/mol. The molecule has 0 saturated heterocycles. The third-order valence-electron chi connectivity index (χ3n) is 4.39. The van der Waals surface area contributed by atoms with E-state index in [-0.39, 0.29) is 11.1 Å². The Bertz CT molecular complexity index is 1090. The number of carbonyl (C=O) groups is 2. The Kier molecular flexibility index (Phi) is 6.94. The molecule has 150 valence electrons. The molecular formula is C25H19ClFNO2. The van der Waals surface area contributed by atoms with Crippen LogP contribution in [0.4, 0.5) is 4.39 Å². The maximum atomic E-state index is 13.3. The van der Waals surface area contributed by atoms with Gasteiger partial charge in [-0.15, -0.1) is 0 Å². The smallest absolute Gasteiger partial charge is 0.258 e. The lowest BCUT2D eigenvalue weighted by Gasteiger charge is -2.11. The number of benzene rings is 3. The largest absolute Gasteiger partial charge is 0.288 e. The van der Waals surface area contributed by atoms with Crippen molar-refractivity contribution < 1.29 is 14.0 Å². The van der Waals surface area contributed by atoms with Crippen LogP contribution in [0.15, 0.2) is 91.0 Å². The fourth-order valence-electron chi connectivity index (χ4n) is 2.82. The summed E-state index contributed by atoms with van der Waals surface area (Å²) in [6, 6.07) is 21.7. The van der Waals surface area contributed by atoms with Gasteiger partial charge in [0.15, 0.2) is 0 Å². The van der Waals surface area contributed by atoms with Gasteiger partial charge in [0, 0.05) is 22.6 Å². The lowest BCUT2D eigenvalue weighted by molar-refractivity contribution is -0.125. The van der Waals surface area contributed by atoms with Crippen LogP contribution < -0.4 is 5.32 Å². The molecule has 0 aliphatic rings. The van der Waals surface area contributed by atoms with Crippen LogP contribution in [0, 0.1) is 5.82 Å². The average molecular weight is 420 g/mol. The van der Waals surface area contributed by atoms with E-state index in [0.717, 1.165) is 5.56 Å². The maximum Gasteiger partial charge on any atom is 0.258 e. The van der Waals surface area contributed by atoms with Crippen LogP contribution in [0.2, 0.25) is 5.02 Å². The first-order chi connectivity index (χ1) is 14.4. The van der Waals surface area contributed by atoms with Gasteiger partial charge in [-0.05, 0) is 47.0 Å². The molecule has 0 radical (unpaired) electrons. The third-order valence-corrected chi connectivity index (χ3v) is 4.64. The Balaban J connectivity index is 1.82. The molecule has 5 heteroatoms. The summed E-state index contributed by atoms with van der Waals surface area (Å²) < 4.78 is 13.3. The molecule has 1 N–H and O–H groups in total. The molecule has 3 rings (SSSR count). The number of imide groups is 1. The van der Waals surface area contributed by atoms with E-state index >= 15 is 0 Å². The van der Waals surface area contributed by atoms with E-state index in [2.05, 4.69) is 11.9 Å². The van der Waals surface area contributed by atoms with Gasteiger partial charge in [-0.25, -0.2) is 4.39 Å². The Morgan fingerprint density at radius 1 is 0.900 bits per heavy atom. The molecule has 3 aromatic rings. The number of halogens is 2. The van der Waals surface area contributed by atoms with Crippen molar-refractivity contribution in [3.05, 3.63) is 119 Å². The highest BCUT2D eigenvalue weighted by atomic mass is 35.5. The molecule has 0 bridgehead atoms. The van der Waals surface area contributed by atoms with Crippen LogP contribution in [0.25, 0.3) is 11.6 Å². The minimum atomic E-state index is -0.601. The predicted molar refractivity (Wildman–Crippen MR) is 118 cm³/mol. The molecule has 0 fully saturated rings. The Morgan fingerprint density at radius 3 is 2.17 bits per heavy atom. The standard InChI is InChI=1S/C25H19ClFNO2/c1-17(15-18-5-3-2-4-6-18)24(29)28-25(30)23(20-9-13-22(27)14-10-20)16-19-7-11-21(26)12-8-19/h2-14,16H,1,15H2,(H,28,29,30)/b23-16+. The lowest BCUT2D eigenvalue weighted by Crippen LogP contribution is -2.32. The monoisotopic (exact) mass is 419 g/mol. The van der Waals surface area contributed by atoms with Crippen molar-refractivity contribution >= 4 is 35.1 Å². The SMILES string of the molecule is C=C(Cc1ccccc1)C(=O)NC(=O)/C(=C/c1ccc(Cl)cc1)c1ccc(F)cc1. The van der Waals surface area contributed by atoms with E-state index in [9.17, 15) is 14.0 Å². The first-order valence-electron chi connectivity index (χ1n) is 9.23. The second-order valence-corrected chi connectivity index (χ2v) is 7.10. The van der Waals surface area contributed by atoms with Crippen molar-refractivity contribution in [2.24, 2.45) is 0 Å². The number of hydrogen-bond acceptors (Lipinski definition) is 2. The van der Waals surface area contributed by atoms with E-state index in [1.165, 1.54) is 24.3 Å². The van der Waals surface area contributed by atoms with Gasteiger partial charge in [-0.3, -0.25) is 14.9 Å². The fourth-order valence-corrected chi connectivity index (χ4v) is 2.94. The van der Waals surface area contributed by atoms with E-state index in [0.29, 0.717) is 22.6 Å². The van der Waals surface area contributed by atoms with Crippen LogP contribution in [-0.2, 0) is 16.0 Å². The highest BCUT2D eigenvalue weighted by Crippen LogP contribution is 2.21. The number of amides is 2. The highest BCUT2D eigenvalue weighted by Gasteiger charge is 2.17. The molecule has 0 unspecified atom stereocenters. The average Bonchev–Trinajstić information content (AvgIpc) is 2.74. The second-order valence-electron chi connectivity index (χ2n) is 6.67. The van der Waals surface area contributed by atoms with Crippen molar-refractivity contribution in [3.63, 3.8) is 0 Å². The normalized spacial score (nSPS) is 11.1. The molecule has 3 aromatic carbocycles. The quantitative estimate of drug-likeness (QED) is 0.426. The number of hydrogen-bond donors (Lipinski definition) is 1. The lowest BCUT2D eigenvalue weighted by atomic mass is 10.0. The summed E-state index contributed by atoms with van der Waals surface area (Å²) in [4.78, 5) is 25.4. The molecule has 3 nitrogen and oxygen atoms in total. The molecule has 0 atom stereocenters. The second kappa shape index (κ2) is 9.81. The van der Waals surface area contributed by atoms with E-state index in [1.54, 1.807) is 30.3 Å². The van der Waals surface area contributed by atoms with Crippen LogP contribution in [-0.4, -0.2) is 11.8 Å². The van der Waals surface area contributed by atoms with Crippen LogP contribution in [0.1, 0.15) is 16.7 Å².